The van der Waals surface area contributed by atoms with Crippen molar-refractivity contribution in [3.63, 3.8) is 0 Å². The van der Waals surface area contributed by atoms with Gasteiger partial charge in [0.15, 0.2) is 6.10 Å². The quantitative estimate of drug-likeness (QED) is 0.0361. The smallest absolute Gasteiger partial charge is 0.462 e. The highest BCUT2D eigenvalue weighted by atomic mass is 31.2. The summed E-state index contributed by atoms with van der Waals surface area (Å²) in [6.07, 6.45) is 38.2. The highest BCUT2D eigenvalue weighted by molar-refractivity contribution is 7.46. The maximum absolute atomic E-state index is 12.4. The molecule has 0 aliphatic rings. The lowest BCUT2D eigenvalue weighted by molar-refractivity contribution is -0.161. The van der Waals surface area contributed by atoms with Gasteiger partial charge in [-0.3, -0.25) is 14.1 Å². The Morgan fingerprint density at radius 1 is 0.490 bits per heavy atom. The number of phosphoric acid groups is 1. The molecule has 0 saturated heterocycles. The zero-order valence-electron chi connectivity index (χ0n) is 33.7. The van der Waals surface area contributed by atoms with Crippen molar-refractivity contribution in [1.29, 1.82) is 0 Å². The lowest BCUT2D eigenvalue weighted by Crippen LogP contribution is -2.29. The first-order valence-electron chi connectivity index (χ1n) is 21.7. The molecule has 0 radical (unpaired) electrons. The molecule has 0 aliphatic heterocycles. The minimum absolute atomic E-state index is 0.220. The van der Waals surface area contributed by atoms with Crippen LogP contribution in [0.25, 0.3) is 0 Å². The summed E-state index contributed by atoms with van der Waals surface area (Å²) >= 11 is 0. The highest BCUT2D eigenvalue weighted by Crippen LogP contribution is 2.36. The van der Waals surface area contributed by atoms with Crippen LogP contribution in [-0.4, -0.2) is 41.0 Å². The van der Waals surface area contributed by atoms with Crippen molar-refractivity contribution < 1.29 is 37.9 Å². The summed E-state index contributed by atoms with van der Waals surface area (Å²) in [5.74, 6) is -0.0291. The molecule has 0 saturated carbocycles. The largest absolute Gasteiger partial charge is 0.469 e. The maximum Gasteiger partial charge on any atom is 0.469 e. The second-order valence-electron chi connectivity index (χ2n) is 15.5. The van der Waals surface area contributed by atoms with E-state index < -0.39 is 32.5 Å². The molecule has 0 heterocycles. The SMILES string of the molecule is CCCCCCCCCCCCCCCCCC(=O)O[C@H](COC(=O)CCCCCCCCCCCCCCCCCC(C)C)COP(=O)(O)O. The van der Waals surface area contributed by atoms with Crippen LogP contribution in [-0.2, 0) is 28.2 Å². The number of esters is 2. The predicted octanol–water partition coefficient (Wildman–Crippen LogP) is 13.1. The van der Waals surface area contributed by atoms with Crippen LogP contribution in [0.4, 0.5) is 0 Å². The lowest BCUT2D eigenvalue weighted by Gasteiger charge is -2.18. The molecule has 0 aromatic heterocycles. The summed E-state index contributed by atoms with van der Waals surface area (Å²) in [6.45, 7) is 6.07. The first-order chi connectivity index (χ1) is 24.6. The van der Waals surface area contributed by atoms with Gasteiger partial charge in [-0.1, -0.05) is 207 Å². The monoisotopic (exact) mass is 747 g/mol. The first kappa shape index (κ1) is 50.1. The summed E-state index contributed by atoms with van der Waals surface area (Å²) in [7, 11) is -4.75. The third-order valence-electron chi connectivity index (χ3n) is 9.80. The van der Waals surface area contributed by atoms with Gasteiger partial charge in [0.05, 0.1) is 6.61 Å². The van der Waals surface area contributed by atoms with E-state index in [1.807, 2.05) is 0 Å². The molecule has 9 heteroatoms. The molecule has 0 amide bonds. The Balaban J connectivity index is 3.84. The Morgan fingerprint density at radius 2 is 0.824 bits per heavy atom. The fourth-order valence-electron chi connectivity index (χ4n) is 6.56. The number of carbonyl (C=O) groups is 2. The standard InChI is InChI=1S/C42H83O8P/c1-4-5-6-7-8-9-10-11-13-18-21-24-27-30-33-36-42(44)50-40(38-49-51(45,46)47)37-48-41(43)35-32-29-26-23-20-17-15-12-14-16-19-22-25-28-31-34-39(2)3/h39-40H,4-38H2,1-3H3,(H2,45,46,47)/t40-/m1/s1. The molecule has 0 aliphatic carbocycles. The van der Waals surface area contributed by atoms with Gasteiger partial charge in [0.2, 0.25) is 0 Å². The molecule has 0 spiro atoms. The summed E-state index contributed by atoms with van der Waals surface area (Å²) in [4.78, 5) is 42.9. The molecule has 2 N–H and O–H groups in total. The van der Waals surface area contributed by atoms with Gasteiger partial charge in [0.25, 0.3) is 0 Å². The van der Waals surface area contributed by atoms with Crippen molar-refractivity contribution in [1.82, 2.24) is 0 Å². The number of hydrogen-bond acceptors (Lipinski definition) is 6. The predicted molar refractivity (Wildman–Crippen MR) is 212 cm³/mol. The van der Waals surface area contributed by atoms with Gasteiger partial charge < -0.3 is 19.3 Å². The number of rotatable bonds is 40. The second kappa shape index (κ2) is 37.4. The van der Waals surface area contributed by atoms with E-state index >= 15 is 0 Å². The van der Waals surface area contributed by atoms with Crippen molar-refractivity contribution in [2.45, 2.75) is 239 Å². The number of ether oxygens (including phenoxy) is 2. The van der Waals surface area contributed by atoms with E-state index in [9.17, 15) is 14.2 Å². The normalized spacial score (nSPS) is 12.4. The van der Waals surface area contributed by atoms with Crippen LogP contribution in [0.1, 0.15) is 233 Å². The van der Waals surface area contributed by atoms with Crippen LogP contribution in [0.2, 0.25) is 0 Å². The molecule has 1 atom stereocenters. The first-order valence-corrected chi connectivity index (χ1v) is 23.2. The molecule has 0 fully saturated rings. The third kappa shape index (κ3) is 41.7. The summed E-state index contributed by atoms with van der Waals surface area (Å²) in [5, 5.41) is 0. The Labute approximate surface area is 315 Å². The van der Waals surface area contributed by atoms with Gasteiger partial charge in [0, 0.05) is 12.8 Å². The fraction of sp³-hybridized carbons (Fsp3) is 0.952. The third-order valence-corrected chi connectivity index (χ3v) is 10.3. The average molecular weight is 747 g/mol. The van der Waals surface area contributed by atoms with Gasteiger partial charge in [-0.05, 0) is 18.8 Å². The summed E-state index contributed by atoms with van der Waals surface area (Å²) in [5.41, 5.74) is 0. The van der Waals surface area contributed by atoms with Gasteiger partial charge in [-0.15, -0.1) is 0 Å². The number of unbranched alkanes of at least 4 members (excludes halogenated alkanes) is 28. The molecular formula is C42H83O8P. The molecule has 0 rings (SSSR count). The van der Waals surface area contributed by atoms with Gasteiger partial charge in [-0.2, -0.15) is 0 Å². The fourth-order valence-corrected chi connectivity index (χ4v) is 6.92. The van der Waals surface area contributed by atoms with Crippen LogP contribution < -0.4 is 0 Å². The van der Waals surface area contributed by atoms with E-state index in [-0.39, 0.29) is 19.4 Å². The van der Waals surface area contributed by atoms with Crippen LogP contribution >= 0.6 is 7.82 Å². The van der Waals surface area contributed by atoms with Crippen LogP contribution in [0.15, 0.2) is 0 Å². The van der Waals surface area contributed by atoms with E-state index in [0.29, 0.717) is 6.42 Å². The Bertz CT molecular complexity index is 815. The molecular weight excluding hydrogens is 663 g/mol. The van der Waals surface area contributed by atoms with Gasteiger partial charge in [-0.25, -0.2) is 4.57 Å². The van der Waals surface area contributed by atoms with Gasteiger partial charge in [0.1, 0.15) is 6.61 Å². The summed E-state index contributed by atoms with van der Waals surface area (Å²) in [6, 6.07) is 0. The Morgan fingerprint density at radius 3 is 1.18 bits per heavy atom. The minimum atomic E-state index is -4.75. The molecule has 0 unspecified atom stereocenters. The molecule has 0 aromatic carbocycles. The van der Waals surface area contributed by atoms with E-state index in [4.69, 9.17) is 19.3 Å². The van der Waals surface area contributed by atoms with E-state index in [0.717, 1.165) is 38.0 Å². The van der Waals surface area contributed by atoms with Crippen molar-refractivity contribution in [3.8, 4) is 0 Å². The van der Waals surface area contributed by atoms with Crippen molar-refractivity contribution in [2.75, 3.05) is 13.2 Å². The van der Waals surface area contributed by atoms with Crippen LogP contribution in [0.5, 0.6) is 0 Å². The second-order valence-corrected chi connectivity index (χ2v) is 16.8. The zero-order chi connectivity index (χ0) is 37.7. The molecule has 304 valence electrons. The van der Waals surface area contributed by atoms with Gasteiger partial charge >= 0.3 is 19.8 Å². The van der Waals surface area contributed by atoms with Crippen molar-refractivity contribution in [2.24, 2.45) is 5.92 Å². The van der Waals surface area contributed by atoms with E-state index in [1.54, 1.807) is 0 Å². The molecule has 0 aromatic rings. The number of carbonyl (C=O) groups excluding carboxylic acids is 2. The van der Waals surface area contributed by atoms with E-state index in [2.05, 4.69) is 25.3 Å². The minimum Gasteiger partial charge on any atom is -0.462 e. The molecule has 8 nitrogen and oxygen atoms in total. The van der Waals surface area contributed by atoms with Crippen molar-refractivity contribution >= 4 is 19.8 Å². The maximum atomic E-state index is 12.4. The molecule has 51 heavy (non-hydrogen) atoms. The Hall–Kier alpha value is -0.950. The Kier molecular flexibility index (Phi) is 36.7. The van der Waals surface area contributed by atoms with Crippen LogP contribution in [0.3, 0.4) is 0 Å². The summed E-state index contributed by atoms with van der Waals surface area (Å²) < 4.78 is 26.4. The van der Waals surface area contributed by atoms with E-state index in [1.165, 1.54) is 161 Å². The average Bonchev–Trinajstić information content (AvgIpc) is 3.08. The number of phosphoric ester groups is 1. The lowest BCUT2D eigenvalue weighted by atomic mass is 10.0. The molecule has 0 bridgehead atoms. The topological polar surface area (TPSA) is 119 Å². The van der Waals surface area contributed by atoms with Crippen LogP contribution in [0, 0.1) is 5.92 Å². The van der Waals surface area contributed by atoms with Crippen molar-refractivity contribution in [3.05, 3.63) is 0 Å². The number of hydrogen-bond donors (Lipinski definition) is 2. The highest BCUT2D eigenvalue weighted by Gasteiger charge is 2.23. The zero-order valence-corrected chi connectivity index (χ0v) is 34.6.